The van der Waals surface area contributed by atoms with Crippen LogP contribution in [0.2, 0.25) is 5.02 Å². The molecule has 0 saturated carbocycles. The van der Waals surface area contributed by atoms with Crippen LogP contribution in [0.1, 0.15) is 52.1 Å². The Morgan fingerprint density at radius 1 is 1.16 bits per heavy atom. The Morgan fingerprint density at radius 3 is 2.49 bits per heavy atom. The highest BCUT2D eigenvalue weighted by Gasteiger charge is 2.59. The summed E-state index contributed by atoms with van der Waals surface area (Å²) in [5, 5.41) is 54.8. The van der Waals surface area contributed by atoms with E-state index < -0.39 is 99.3 Å². The van der Waals surface area contributed by atoms with Gasteiger partial charge >= 0.3 is 11.9 Å². The zero-order chi connectivity index (χ0) is 39.7. The summed E-state index contributed by atoms with van der Waals surface area (Å²) in [4.78, 5) is 100.0. The molecule has 1 aromatic heterocycles. The van der Waals surface area contributed by atoms with Crippen LogP contribution in [0.25, 0.3) is 0 Å². The van der Waals surface area contributed by atoms with Crippen LogP contribution in [0, 0.1) is 11.3 Å². The Bertz CT molecular complexity index is 2160. The number of carbonyl (C=O) groups excluding carboxylic acids is 5. The molecule has 3 amide bonds. The number of oxime groups is 1. The van der Waals surface area contributed by atoms with E-state index in [1.807, 2.05) is 0 Å². The Labute approximate surface area is 323 Å². The first-order valence-corrected chi connectivity index (χ1v) is 19.0. The number of imide groups is 1. The Hall–Kier alpha value is -5.25. The van der Waals surface area contributed by atoms with Crippen LogP contribution in [0.3, 0.4) is 0 Å². The number of Topliss-reactive ketones (excluding diaryl/α,β-unsaturated/α-hetero) is 1. The van der Waals surface area contributed by atoms with E-state index in [0.717, 1.165) is 27.2 Å². The number of aliphatic carboxylic acids is 3. The van der Waals surface area contributed by atoms with E-state index in [1.165, 1.54) is 17.1 Å². The molecule has 55 heavy (non-hydrogen) atoms. The third-order valence-corrected chi connectivity index (χ3v) is 13.2. The fraction of sp³-hybridized carbons (Fsp3) is 0.424. The topological polar surface area (TPSA) is 290 Å². The van der Waals surface area contributed by atoms with Gasteiger partial charge in [-0.05, 0) is 6.07 Å². The van der Waals surface area contributed by atoms with Crippen molar-refractivity contribution in [2.24, 2.45) is 16.5 Å². The van der Waals surface area contributed by atoms with Crippen LogP contribution < -0.4 is 10.8 Å². The lowest BCUT2D eigenvalue weighted by atomic mass is 9.84. The molecular formula is C33H31ClN6O13S2. The number of rotatable bonds is 14. The number of aromatic nitrogens is 1. The molecule has 290 valence electrons. The van der Waals surface area contributed by atoms with Crippen molar-refractivity contribution < 1.29 is 68.4 Å². The van der Waals surface area contributed by atoms with Crippen LogP contribution in [0.15, 0.2) is 27.9 Å². The standard InChI is InChI=1S/C33H31ClN6O13S2/c34-22-21-14(5-18(42)25(22)45)26(46)38(28(21)48)11-33-1-3-40(12-33,4-2-33)8-13-9-54-29-15(27(47)39(29)24(13)31(51)52)6-17(41)23(16-10-55-32(35)36-16)37-53-19(30(49)50)7-20(43)44/h5,10,15,19,29H,1-4,6-9,11-12H2,(H6-,35,36,37,41,42,43,44,45,46,48,49,50,51,52)/t15-,19+,29-,33?,40?/m1/s1. The van der Waals surface area contributed by atoms with Gasteiger partial charge < -0.3 is 45.4 Å². The highest BCUT2D eigenvalue weighted by atomic mass is 35.5. The van der Waals surface area contributed by atoms with Gasteiger partial charge in [-0.15, -0.1) is 23.1 Å². The van der Waals surface area contributed by atoms with E-state index in [1.54, 1.807) is 0 Å². The van der Waals surface area contributed by atoms with Crippen LogP contribution in [0.4, 0.5) is 5.13 Å². The summed E-state index contributed by atoms with van der Waals surface area (Å²) in [5.41, 5.74) is 4.52. The molecule has 2 bridgehead atoms. The number of nitrogens with two attached hydrogens (primary N) is 1. The van der Waals surface area contributed by atoms with E-state index >= 15 is 0 Å². The zero-order valence-electron chi connectivity index (χ0n) is 28.4. The van der Waals surface area contributed by atoms with Gasteiger partial charge in [0.25, 0.3) is 11.8 Å². The number of carboxylic acid groups (broad SMARTS) is 3. The summed E-state index contributed by atoms with van der Waals surface area (Å²) in [7, 11) is 0. The number of carboxylic acids is 3. The number of hydrogen-bond acceptors (Lipinski definition) is 16. The normalized spacial score (nSPS) is 26.2. The molecule has 3 saturated heterocycles. The highest BCUT2D eigenvalue weighted by molar-refractivity contribution is 8.00. The van der Waals surface area contributed by atoms with Crippen molar-refractivity contribution in [1.29, 1.82) is 0 Å². The van der Waals surface area contributed by atoms with Gasteiger partial charge in [0.2, 0.25) is 12.0 Å². The van der Waals surface area contributed by atoms with Crippen molar-refractivity contribution in [3.63, 3.8) is 0 Å². The van der Waals surface area contributed by atoms with Crippen molar-refractivity contribution in [3.05, 3.63) is 44.6 Å². The third kappa shape index (κ3) is 6.53. The first kappa shape index (κ1) is 38.0. The van der Waals surface area contributed by atoms with Crippen molar-refractivity contribution in [3.8, 4) is 11.5 Å². The molecular weight excluding hydrogens is 788 g/mol. The SMILES string of the molecule is Nc1nc(/C(=N/O[C@@H](CC(=O)O)C(=O)O)C(=O)C[C@@H]2C(=O)N3C(C(=O)[O-])=C(C[N+]45CCC(CN6C(=O)c7cc(O)c(O)c(Cl)c7C6=O)(CC4)C5)CS[C@H]23)cs1. The summed E-state index contributed by atoms with van der Waals surface area (Å²) in [6.07, 6.45) is -2.15. The van der Waals surface area contributed by atoms with Crippen LogP contribution in [-0.4, -0.2) is 137 Å². The van der Waals surface area contributed by atoms with Gasteiger partial charge in [-0.1, -0.05) is 16.8 Å². The molecule has 3 atom stereocenters. The summed E-state index contributed by atoms with van der Waals surface area (Å²) < 4.78 is 0.447. The number of nitrogen functional groups attached to an aromatic ring is 1. The van der Waals surface area contributed by atoms with Gasteiger partial charge in [0.1, 0.15) is 12.2 Å². The van der Waals surface area contributed by atoms with Gasteiger partial charge in [-0.25, -0.2) is 9.78 Å². The number of thioether (sulfide) groups is 1. The number of thiazole rings is 1. The fourth-order valence-corrected chi connectivity index (χ4v) is 10.4. The molecule has 3 fully saturated rings. The van der Waals surface area contributed by atoms with Gasteiger partial charge in [0.05, 0.1) is 65.2 Å². The number of phenols is 2. The van der Waals surface area contributed by atoms with E-state index in [4.69, 9.17) is 27.3 Å². The second-order valence-corrected chi connectivity index (χ2v) is 16.6. The lowest BCUT2D eigenvalue weighted by Crippen LogP contribution is -2.63. The maximum atomic E-state index is 13.6. The van der Waals surface area contributed by atoms with Crippen molar-refractivity contribution in [2.75, 3.05) is 44.2 Å². The number of fused-ring (bicyclic) bond motifs is 4. The molecule has 0 unspecified atom stereocenters. The molecule has 2 aromatic rings. The average Bonchev–Trinajstić information content (AvgIpc) is 3.87. The van der Waals surface area contributed by atoms with Crippen LogP contribution >= 0.6 is 34.7 Å². The number of phenolic OH excluding ortho intramolecular Hbond substituents is 2. The molecule has 0 aliphatic carbocycles. The van der Waals surface area contributed by atoms with Crippen LogP contribution in [0.5, 0.6) is 11.5 Å². The number of nitrogens with zero attached hydrogens (tertiary/aromatic N) is 5. The molecule has 1 aromatic carbocycles. The predicted octanol–water partition coefficient (Wildman–Crippen LogP) is -0.160. The molecule has 19 nitrogen and oxygen atoms in total. The maximum Gasteiger partial charge on any atom is 0.348 e. The maximum absolute atomic E-state index is 13.6. The van der Waals surface area contributed by atoms with Crippen LogP contribution in [-0.2, 0) is 28.8 Å². The monoisotopic (exact) mass is 818 g/mol. The molecule has 0 spiro atoms. The first-order chi connectivity index (χ1) is 25.9. The zero-order valence-corrected chi connectivity index (χ0v) is 30.8. The molecule has 5 aliphatic rings. The van der Waals surface area contributed by atoms with Gasteiger partial charge in [-0.2, -0.15) is 0 Å². The number of hydrogen-bond donors (Lipinski definition) is 5. The summed E-state index contributed by atoms with van der Waals surface area (Å²) in [6, 6.07) is 1.01. The number of quaternary nitrogens is 1. The predicted molar refractivity (Wildman–Crippen MR) is 188 cm³/mol. The van der Waals surface area contributed by atoms with Gasteiger partial charge in [0.15, 0.2) is 28.1 Å². The average molecular weight is 819 g/mol. The number of piperidine rings is 1. The molecule has 6 heterocycles. The number of carbonyl (C=O) groups is 7. The Morgan fingerprint density at radius 2 is 1.87 bits per heavy atom. The molecule has 0 radical (unpaired) electrons. The number of anilines is 1. The number of β-lactam (4-membered cyclic amide) rings is 1. The number of benzene rings is 1. The highest BCUT2D eigenvalue weighted by Crippen LogP contribution is 2.51. The Balaban J connectivity index is 1.05. The molecule has 7 rings (SSSR count). The van der Waals surface area contributed by atoms with Gasteiger partial charge in [-0.3, -0.25) is 33.8 Å². The number of ketones is 1. The minimum absolute atomic E-state index is 0.0382. The lowest BCUT2D eigenvalue weighted by molar-refractivity contribution is -0.905. The van der Waals surface area contributed by atoms with Crippen molar-refractivity contribution >= 4 is 87.0 Å². The second-order valence-electron chi connectivity index (χ2n) is 14.2. The minimum Gasteiger partial charge on any atom is -0.543 e. The first-order valence-electron chi connectivity index (χ1n) is 16.7. The summed E-state index contributed by atoms with van der Waals surface area (Å²) >= 11 is 8.32. The molecule has 6 N–H and O–H groups in total. The van der Waals surface area contributed by atoms with Crippen molar-refractivity contribution in [2.45, 2.75) is 37.2 Å². The number of halogens is 1. The van der Waals surface area contributed by atoms with E-state index in [9.17, 15) is 54.0 Å². The molecule has 5 aliphatic heterocycles. The van der Waals surface area contributed by atoms with Gasteiger partial charge in [0, 0.05) is 47.9 Å². The largest absolute Gasteiger partial charge is 0.543 e. The quantitative estimate of drug-likeness (QED) is 0.0413. The number of amides is 3. The second kappa shape index (κ2) is 13.8. The van der Waals surface area contributed by atoms with E-state index in [-0.39, 0.29) is 46.5 Å². The Kier molecular flexibility index (Phi) is 9.54. The minimum atomic E-state index is -1.94. The van der Waals surface area contributed by atoms with E-state index in [0.29, 0.717) is 42.5 Å². The third-order valence-electron chi connectivity index (χ3n) is 10.8. The van der Waals surface area contributed by atoms with E-state index in [2.05, 4.69) is 10.1 Å². The summed E-state index contributed by atoms with van der Waals surface area (Å²) in [5.74, 6) is -9.62. The smallest absolute Gasteiger partial charge is 0.348 e. The molecule has 22 heteroatoms. The lowest BCUT2D eigenvalue weighted by Gasteiger charge is -2.51. The van der Waals surface area contributed by atoms with Crippen molar-refractivity contribution in [1.82, 2.24) is 14.8 Å². The number of aromatic hydroxyl groups is 2. The fourth-order valence-electron chi connectivity index (χ4n) is 8.20. The summed E-state index contributed by atoms with van der Waals surface area (Å²) in [6.45, 7) is 2.04.